The average molecular weight is 557 g/mol. The van der Waals surface area contributed by atoms with Crippen molar-refractivity contribution in [3.8, 4) is 11.1 Å². The Kier molecular flexibility index (Phi) is 5.42. The third-order valence-corrected chi connectivity index (χ3v) is 10.8. The molecule has 4 heteroatoms. The average Bonchev–Trinajstić information content (AvgIpc) is 3.66. The van der Waals surface area contributed by atoms with Gasteiger partial charge in [0, 0.05) is 44.0 Å². The monoisotopic (exact) mass is 556 g/mol. The van der Waals surface area contributed by atoms with Crippen LogP contribution in [0.2, 0.25) is 0 Å². The van der Waals surface area contributed by atoms with Crippen molar-refractivity contribution < 1.29 is 0 Å². The molecule has 4 aromatic heterocycles. The minimum Gasteiger partial charge on any atom is -0.339 e. The van der Waals surface area contributed by atoms with Gasteiger partial charge in [0.25, 0.3) is 0 Å². The molecular weight excluding hydrogens is 525 g/mol. The summed E-state index contributed by atoms with van der Waals surface area (Å²) in [6.45, 7) is 11.0. The molecule has 0 aliphatic heterocycles. The zero-order valence-electron chi connectivity index (χ0n) is 23.5. The van der Waals surface area contributed by atoms with Gasteiger partial charge in [0.15, 0.2) is 0 Å². The lowest BCUT2D eigenvalue weighted by Gasteiger charge is -2.08. The van der Waals surface area contributed by atoms with Gasteiger partial charge in [-0.25, -0.2) is 0 Å². The van der Waals surface area contributed by atoms with Crippen molar-refractivity contribution in [1.29, 1.82) is 0 Å². The van der Waals surface area contributed by atoms with E-state index in [9.17, 15) is 0 Å². The first-order chi connectivity index (χ1) is 19.6. The number of rotatable bonds is 5. The normalized spacial score (nSPS) is 12.4. The molecule has 40 heavy (non-hydrogen) atoms. The molecule has 0 atom stereocenters. The second-order valence-corrected chi connectivity index (χ2v) is 13.4. The topological polar surface area (TPSA) is 9.86 Å². The highest BCUT2D eigenvalue weighted by molar-refractivity contribution is 7.27. The van der Waals surface area contributed by atoms with Crippen molar-refractivity contribution in [1.82, 2.24) is 9.13 Å². The number of benzene rings is 4. The molecule has 0 spiro atoms. The van der Waals surface area contributed by atoms with Crippen LogP contribution in [0.4, 0.5) is 0 Å². The van der Waals surface area contributed by atoms with Crippen LogP contribution in [0.3, 0.4) is 0 Å². The Morgan fingerprint density at radius 3 is 1.38 bits per heavy atom. The Morgan fingerprint density at radius 1 is 0.525 bits per heavy atom. The van der Waals surface area contributed by atoms with Crippen molar-refractivity contribution in [2.24, 2.45) is 0 Å². The molecule has 0 radical (unpaired) electrons. The molecule has 2 nitrogen and oxygen atoms in total. The summed E-state index contributed by atoms with van der Waals surface area (Å²) in [6.07, 6.45) is 2.26. The van der Waals surface area contributed by atoms with E-state index in [1.54, 1.807) is 0 Å². The van der Waals surface area contributed by atoms with Crippen LogP contribution in [0.15, 0.2) is 72.8 Å². The van der Waals surface area contributed by atoms with Crippen molar-refractivity contribution >= 4 is 85.1 Å². The van der Waals surface area contributed by atoms with Crippen LogP contribution in [0.5, 0.6) is 0 Å². The number of aryl methyl sites for hydroxylation is 4. The molecule has 0 amide bonds. The standard InChI is InChI=1S/C36H32N2S2/c1-5-15-37-29-17-21(3)7-11-25(29)35-33(37)27-13-9-23(19-31(27)39-35)24-10-14-28-32(20-24)40-36-26-12-8-22(4)18-30(26)38(16-6-2)34(28)36/h7-14,17-20H,5-6,15-16H2,1-4H3. The number of hydrogen-bond acceptors (Lipinski definition) is 2. The number of fused-ring (bicyclic) bond motifs is 10. The molecule has 0 saturated carbocycles. The van der Waals surface area contributed by atoms with Gasteiger partial charge in [0.05, 0.1) is 31.5 Å². The Morgan fingerprint density at radius 2 is 0.950 bits per heavy atom. The highest BCUT2D eigenvalue weighted by Gasteiger charge is 2.19. The minimum absolute atomic E-state index is 1.05. The van der Waals surface area contributed by atoms with E-state index >= 15 is 0 Å². The van der Waals surface area contributed by atoms with Crippen LogP contribution in [0.25, 0.3) is 73.5 Å². The molecule has 0 unspecified atom stereocenters. The summed E-state index contributed by atoms with van der Waals surface area (Å²) in [5.74, 6) is 0. The zero-order chi connectivity index (χ0) is 27.1. The molecule has 0 fully saturated rings. The summed E-state index contributed by atoms with van der Waals surface area (Å²) < 4.78 is 10.7. The van der Waals surface area contributed by atoms with Crippen molar-refractivity contribution in [2.45, 2.75) is 53.6 Å². The number of thiophene rings is 2. The molecule has 0 N–H and O–H groups in total. The van der Waals surface area contributed by atoms with Gasteiger partial charge in [-0.2, -0.15) is 0 Å². The lowest BCUT2D eigenvalue weighted by molar-refractivity contribution is 0.725. The highest BCUT2D eigenvalue weighted by atomic mass is 32.1. The third-order valence-electron chi connectivity index (χ3n) is 8.47. The van der Waals surface area contributed by atoms with Gasteiger partial charge in [-0.05, 0) is 73.2 Å². The summed E-state index contributed by atoms with van der Waals surface area (Å²) in [5, 5.41) is 5.53. The smallest absolute Gasteiger partial charge is 0.0681 e. The fourth-order valence-corrected chi connectivity index (χ4v) is 9.25. The molecule has 4 aromatic carbocycles. The van der Waals surface area contributed by atoms with Crippen molar-refractivity contribution in [3.63, 3.8) is 0 Å². The molecule has 8 rings (SSSR count). The van der Waals surface area contributed by atoms with Crippen LogP contribution < -0.4 is 0 Å². The van der Waals surface area contributed by atoms with Gasteiger partial charge in [-0.15, -0.1) is 22.7 Å². The molecule has 0 aliphatic rings. The first-order valence-electron chi connectivity index (χ1n) is 14.5. The fraction of sp³-hybridized carbons (Fsp3) is 0.222. The maximum atomic E-state index is 2.55. The van der Waals surface area contributed by atoms with E-state index in [0.717, 1.165) is 25.9 Å². The third kappa shape index (κ3) is 3.39. The molecule has 0 saturated heterocycles. The van der Waals surface area contributed by atoms with Crippen LogP contribution >= 0.6 is 22.7 Å². The predicted octanol–water partition coefficient (Wildman–Crippen LogP) is 11.4. The summed E-state index contributed by atoms with van der Waals surface area (Å²) in [7, 11) is 0. The zero-order valence-corrected chi connectivity index (χ0v) is 25.1. The lowest BCUT2D eigenvalue weighted by Crippen LogP contribution is -1.96. The highest BCUT2D eigenvalue weighted by Crippen LogP contribution is 2.45. The maximum Gasteiger partial charge on any atom is 0.0681 e. The Balaban J connectivity index is 1.30. The number of nitrogens with zero attached hydrogens (tertiary/aromatic N) is 2. The summed E-state index contributed by atoms with van der Waals surface area (Å²) in [5.41, 5.74) is 10.8. The lowest BCUT2D eigenvalue weighted by atomic mass is 10.0. The van der Waals surface area contributed by atoms with E-state index in [2.05, 4.69) is 110 Å². The van der Waals surface area contributed by atoms with E-state index < -0.39 is 0 Å². The van der Waals surface area contributed by atoms with E-state index in [-0.39, 0.29) is 0 Å². The van der Waals surface area contributed by atoms with Crippen LogP contribution in [-0.2, 0) is 13.1 Å². The number of aromatic nitrogens is 2. The van der Waals surface area contributed by atoms with Gasteiger partial charge in [-0.1, -0.05) is 62.4 Å². The van der Waals surface area contributed by atoms with Crippen molar-refractivity contribution in [2.75, 3.05) is 0 Å². The SMILES string of the molecule is CCCn1c2cc(C)ccc2c2sc3cc(-c4ccc5c(c4)sc4c6ccc(C)cc6n(CCC)c54)ccc3c21. The molecule has 198 valence electrons. The Labute approximate surface area is 242 Å². The Hall–Kier alpha value is -3.60. The summed E-state index contributed by atoms with van der Waals surface area (Å²) in [6, 6.07) is 28.1. The summed E-state index contributed by atoms with van der Waals surface area (Å²) in [4.78, 5) is 0. The van der Waals surface area contributed by atoms with Gasteiger partial charge >= 0.3 is 0 Å². The van der Waals surface area contributed by atoms with Crippen LogP contribution in [-0.4, -0.2) is 9.13 Å². The minimum atomic E-state index is 1.05. The Bertz CT molecular complexity index is 2110. The second kappa shape index (κ2) is 8.95. The first-order valence-corrected chi connectivity index (χ1v) is 16.1. The molecule has 4 heterocycles. The van der Waals surface area contributed by atoms with E-state index in [1.807, 2.05) is 22.7 Å². The second-order valence-electron chi connectivity index (χ2n) is 11.3. The predicted molar refractivity (Wildman–Crippen MR) is 179 cm³/mol. The van der Waals surface area contributed by atoms with E-state index in [1.165, 1.54) is 84.7 Å². The van der Waals surface area contributed by atoms with Crippen LogP contribution in [0, 0.1) is 13.8 Å². The number of hydrogen-bond donors (Lipinski definition) is 0. The van der Waals surface area contributed by atoms with E-state index in [4.69, 9.17) is 0 Å². The first kappa shape index (κ1) is 24.2. The fourth-order valence-electron chi connectivity index (χ4n) is 6.69. The van der Waals surface area contributed by atoms with Crippen LogP contribution in [0.1, 0.15) is 37.8 Å². The molecule has 8 aromatic rings. The largest absolute Gasteiger partial charge is 0.339 e. The summed E-state index contributed by atoms with van der Waals surface area (Å²) >= 11 is 3.90. The van der Waals surface area contributed by atoms with Gasteiger partial charge < -0.3 is 9.13 Å². The maximum absolute atomic E-state index is 2.55. The quantitative estimate of drug-likeness (QED) is 0.199. The molecule has 0 aliphatic carbocycles. The van der Waals surface area contributed by atoms with Crippen molar-refractivity contribution in [3.05, 3.63) is 83.9 Å². The molecule has 0 bridgehead atoms. The van der Waals surface area contributed by atoms with E-state index in [0.29, 0.717) is 0 Å². The van der Waals surface area contributed by atoms with Gasteiger partial charge in [0.2, 0.25) is 0 Å². The molecular formula is C36H32N2S2. The van der Waals surface area contributed by atoms with Gasteiger partial charge in [-0.3, -0.25) is 0 Å². The van der Waals surface area contributed by atoms with Gasteiger partial charge in [0.1, 0.15) is 0 Å².